The maximum Gasteiger partial charge on any atom is 0.258 e. The molecule has 0 radical (unpaired) electrons. The zero-order valence-electron chi connectivity index (χ0n) is 10.3. The molecule has 0 unspecified atom stereocenters. The number of nitrogens with two attached hydrogens (primary N) is 1. The van der Waals surface area contributed by atoms with Gasteiger partial charge in [0.2, 0.25) is 0 Å². The lowest BCUT2D eigenvalue weighted by atomic mass is 10.1. The number of nitrogen functional groups attached to an aromatic ring is 1. The summed E-state index contributed by atoms with van der Waals surface area (Å²) in [4.78, 5) is 0. The van der Waals surface area contributed by atoms with E-state index in [2.05, 4.69) is 5.10 Å². The van der Waals surface area contributed by atoms with Gasteiger partial charge < -0.3 is 5.73 Å². The summed E-state index contributed by atoms with van der Waals surface area (Å²) in [5.74, 6) is 0.236. The van der Waals surface area contributed by atoms with Gasteiger partial charge in [0.1, 0.15) is 12.4 Å². The maximum atomic E-state index is 12.4. The second-order valence-corrected chi connectivity index (χ2v) is 4.12. The van der Waals surface area contributed by atoms with E-state index in [1.807, 2.05) is 6.07 Å². The molecule has 0 bridgehead atoms. The van der Waals surface area contributed by atoms with Gasteiger partial charge in [-0.2, -0.15) is 10.4 Å². The van der Waals surface area contributed by atoms with E-state index >= 15 is 0 Å². The van der Waals surface area contributed by atoms with Crippen molar-refractivity contribution < 1.29 is 8.78 Å². The van der Waals surface area contributed by atoms with Crippen LogP contribution in [0.4, 0.5) is 14.6 Å². The number of anilines is 1. The molecule has 0 aliphatic heterocycles. The van der Waals surface area contributed by atoms with E-state index in [1.54, 1.807) is 31.2 Å². The molecule has 2 aromatic rings. The molecular weight excluding hydrogens is 250 g/mol. The molecule has 0 amide bonds. The monoisotopic (exact) mass is 262 g/mol. The molecular formula is C13H12F2N4. The normalized spacial score (nSPS) is 10.7. The zero-order chi connectivity index (χ0) is 14.0. The molecule has 0 aliphatic rings. The highest BCUT2D eigenvalue weighted by Gasteiger charge is 2.16. The molecule has 1 aromatic heterocycles. The maximum absolute atomic E-state index is 12.4. The average molecular weight is 262 g/mol. The first-order chi connectivity index (χ1) is 9.02. The lowest BCUT2D eigenvalue weighted by Crippen LogP contribution is -2.11. The Morgan fingerprint density at radius 3 is 2.53 bits per heavy atom. The number of rotatable bonds is 3. The molecule has 1 heterocycles. The van der Waals surface area contributed by atoms with Crippen LogP contribution in [-0.2, 0) is 6.54 Å². The molecule has 0 spiro atoms. The minimum Gasteiger partial charge on any atom is -0.384 e. The summed E-state index contributed by atoms with van der Waals surface area (Å²) in [6.45, 7) is 1.21. The quantitative estimate of drug-likeness (QED) is 0.924. The number of aromatic nitrogens is 2. The van der Waals surface area contributed by atoms with E-state index in [4.69, 9.17) is 11.0 Å². The highest BCUT2D eigenvalue weighted by molar-refractivity contribution is 5.68. The minimum absolute atomic E-state index is 0.236. The summed E-state index contributed by atoms with van der Waals surface area (Å²) in [7, 11) is 0. The highest BCUT2D eigenvalue weighted by Crippen LogP contribution is 2.26. The highest BCUT2D eigenvalue weighted by atomic mass is 19.3. The van der Waals surface area contributed by atoms with E-state index in [0.29, 0.717) is 16.8 Å². The Morgan fingerprint density at radius 2 is 2.00 bits per heavy atom. The van der Waals surface area contributed by atoms with Crippen LogP contribution in [-0.4, -0.2) is 16.2 Å². The van der Waals surface area contributed by atoms with Gasteiger partial charge in [-0.25, -0.2) is 13.5 Å². The third kappa shape index (κ3) is 2.55. The van der Waals surface area contributed by atoms with Crippen molar-refractivity contribution in [3.63, 3.8) is 0 Å². The number of hydrogen-bond donors (Lipinski definition) is 1. The molecule has 1 aromatic carbocycles. The van der Waals surface area contributed by atoms with Crippen LogP contribution in [0.5, 0.6) is 0 Å². The van der Waals surface area contributed by atoms with E-state index in [1.165, 1.54) is 0 Å². The lowest BCUT2D eigenvalue weighted by Gasteiger charge is -2.01. The van der Waals surface area contributed by atoms with Crippen molar-refractivity contribution in [2.24, 2.45) is 0 Å². The number of alkyl halides is 2. The second kappa shape index (κ2) is 5.06. The van der Waals surface area contributed by atoms with Crippen LogP contribution < -0.4 is 5.73 Å². The largest absolute Gasteiger partial charge is 0.384 e. The Balaban J connectivity index is 2.42. The molecule has 0 saturated carbocycles. The first kappa shape index (κ1) is 13.0. The molecule has 2 N–H and O–H groups in total. The summed E-state index contributed by atoms with van der Waals surface area (Å²) in [6, 6.07) is 8.76. The first-order valence-electron chi connectivity index (χ1n) is 5.64. The van der Waals surface area contributed by atoms with Gasteiger partial charge in [0, 0.05) is 11.1 Å². The van der Waals surface area contributed by atoms with Crippen molar-refractivity contribution in [2.75, 3.05) is 5.73 Å². The van der Waals surface area contributed by atoms with Crippen molar-refractivity contribution in [1.29, 1.82) is 5.26 Å². The fourth-order valence-electron chi connectivity index (χ4n) is 1.81. The summed E-state index contributed by atoms with van der Waals surface area (Å²) in [5.41, 5.74) is 8.25. The molecule has 4 nitrogen and oxygen atoms in total. The fraction of sp³-hybridized carbons (Fsp3) is 0.231. The molecule has 98 valence electrons. The summed E-state index contributed by atoms with van der Waals surface area (Å²) in [5, 5.41) is 12.8. The Bertz CT molecular complexity index is 623. The number of benzene rings is 1. The van der Waals surface area contributed by atoms with Gasteiger partial charge in [-0.1, -0.05) is 12.1 Å². The van der Waals surface area contributed by atoms with Crippen LogP contribution in [0.3, 0.4) is 0 Å². The molecule has 0 fully saturated rings. The van der Waals surface area contributed by atoms with Gasteiger partial charge >= 0.3 is 0 Å². The van der Waals surface area contributed by atoms with Gasteiger partial charge in [-0.15, -0.1) is 0 Å². The van der Waals surface area contributed by atoms with Crippen molar-refractivity contribution >= 4 is 5.82 Å². The van der Waals surface area contributed by atoms with Crippen molar-refractivity contribution in [3.05, 3.63) is 35.4 Å². The van der Waals surface area contributed by atoms with Crippen LogP contribution in [0.15, 0.2) is 24.3 Å². The van der Waals surface area contributed by atoms with Crippen LogP contribution in [0.25, 0.3) is 11.3 Å². The van der Waals surface area contributed by atoms with E-state index in [0.717, 1.165) is 10.2 Å². The second-order valence-electron chi connectivity index (χ2n) is 4.12. The zero-order valence-corrected chi connectivity index (χ0v) is 10.3. The Morgan fingerprint density at radius 1 is 1.37 bits per heavy atom. The van der Waals surface area contributed by atoms with Crippen molar-refractivity contribution in [2.45, 2.75) is 19.9 Å². The molecule has 19 heavy (non-hydrogen) atoms. The molecule has 0 atom stereocenters. The van der Waals surface area contributed by atoms with Crippen molar-refractivity contribution in [1.82, 2.24) is 9.78 Å². The van der Waals surface area contributed by atoms with Crippen LogP contribution in [0.2, 0.25) is 0 Å². The topological polar surface area (TPSA) is 67.6 Å². The van der Waals surface area contributed by atoms with Gasteiger partial charge in [-0.05, 0) is 19.1 Å². The van der Waals surface area contributed by atoms with Gasteiger partial charge in [-0.3, -0.25) is 0 Å². The molecule has 6 heteroatoms. The van der Waals surface area contributed by atoms with Crippen LogP contribution >= 0.6 is 0 Å². The van der Waals surface area contributed by atoms with Gasteiger partial charge in [0.05, 0.1) is 17.3 Å². The predicted octanol–water partition coefficient (Wildman–Crippen LogP) is 2.58. The number of hydrogen-bond acceptors (Lipinski definition) is 3. The number of nitriles is 1. The van der Waals surface area contributed by atoms with Gasteiger partial charge in [0.15, 0.2) is 0 Å². The fourth-order valence-corrected chi connectivity index (χ4v) is 1.81. The Hall–Kier alpha value is -2.42. The summed E-state index contributed by atoms with van der Waals surface area (Å²) < 4.78 is 25.9. The Labute approximate surface area is 109 Å². The smallest absolute Gasteiger partial charge is 0.258 e. The summed E-state index contributed by atoms with van der Waals surface area (Å²) in [6.07, 6.45) is -2.50. The number of nitrogens with zero attached hydrogens (tertiary/aromatic N) is 3. The third-order valence-corrected chi connectivity index (χ3v) is 2.84. The SMILES string of the molecule is Cc1c(-c2ccc(C#N)cc2)nn(CC(F)F)c1N. The van der Waals surface area contributed by atoms with E-state index < -0.39 is 13.0 Å². The first-order valence-corrected chi connectivity index (χ1v) is 5.64. The third-order valence-electron chi connectivity index (χ3n) is 2.84. The van der Waals surface area contributed by atoms with Gasteiger partial charge in [0.25, 0.3) is 6.43 Å². The predicted molar refractivity (Wildman–Crippen MR) is 67.5 cm³/mol. The minimum atomic E-state index is -2.50. The van der Waals surface area contributed by atoms with E-state index in [-0.39, 0.29) is 5.82 Å². The molecule has 0 saturated heterocycles. The summed E-state index contributed by atoms with van der Waals surface area (Å²) >= 11 is 0. The number of halogens is 2. The van der Waals surface area contributed by atoms with Crippen LogP contribution in [0, 0.1) is 18.3 Å². The van der Waals surface area contributed by atoms with Crippen LogP contribution in [0.1, 0.15) is 11.1 Å². The standard InChI is InChI=1S/C13H12F2N4/c1-8-12(10-4-2-9(6-16)3-5-10)18-19(13(8)17)7-11(14)15/h2-5,11H,7,17H2,1H3. The molecule has 2 rings (SSSR count). The average Bonchev–Trinajstić information content (AvgIpc) is 2.67. The Kier molecular flexibility index (Phi) is 3.47. The molecule has 0 aliphatic carbocycles. The van der Waals surface area contributed by atoms with Crippen molar-refractivity contribution in [3.8, 4) is 17.3 Å². The van der Waals surface area contributed by atoms with E-state index in [9.17, 15) is 8.78 Å². The lowest BCUT2D eigenvalue weighted by molar-refractivity contribution is 0.123.